The maximum Gasteiger partial charge on any atom is 0.337 e. The number of carboxylic acid groups (broad SMARTS) is 1. The van der Waals surface area contributed by atoms with E-state index in [4.69, 9.17) is 16.7 Å². The second-order valence-electron chi connectivity index (χ2n) is 5.19. The van der Waals surface area contributed by atoms with Gasteiger partial charge in [0.15, 0.2) is 0 Å². The van der Waals surface area contributed by atoms with Gasteiger partial charge in [0.25, 0.3) is 5.91 Å². The van der Waals surface area contributed by atoms with Crippen molar-refractivity contribution in [1.82, 2.24) is 0 Å². The Hall–Kier alpha value is -2.59. The number of anilines is 1. The number of benzene rings is 2. The van der Waals surface area contributed by atoms with E-state index in [1.807, 2.05) is 31.2 Å². The molecule has 0 aromatic heterocycles. The molecular weight excluding hydrogens is 314 g/mol. The van der Waals surface area contributed by atoms with Crippen LogP contribution in [0.15, 0.2) is 48.0 Å². The summed E-state index contributed by atoms with van der Waals surface area (Å²) in [6.45, 7) is 3.65. The number of carbonyl (C=O) groups excluding carboxylic acids is 1. The highest BCUT2D eigenvalue weighted by Gasteiger charge is 2.14. The molecule has 5 heteroatoms. The number of halogens is 1. The van der Waals surface area contributed by atoms with Crippen molar-refractivity contribution in [3.05, 3.63) is 69.8 Å². The minimum Gasteiger partial charge on any atom is -0.478 e. The molecule has 0 unspecified atom stereocenters. The predicted molar refractivity (Wildman–Crippen MR) is 91.9 cm³/mol. The minimum absolute atomic E-state index is 0.00844. The van der Waals surface area contributed by atoms with Crippen LogP contribution in [0.25, 0.3) is 6.08 Å². The van der Waals surface area contributed by atoms with Crippen molar-refractivity contribution < 1.29 is 14.7 Å². The summed E-state index contributed by atoms with van der Waals surface area (Å²) in [7, 11) is 0. The van der Waals surface area contributed by atoms with Crippen molar-refractivity contribution in [2.75, 3.05) is 5.32 Å². The molecule has 23 heavy (non-hydrogen) atoms. The van der Waals surface area contributed by atoms with Gasteiger partial charge in [-0.25, -0.2) is 4.79 Å². The lowest BCUT2D eigenvalue weighted by Crippen LogP contribution is -2.15. The summed E-state index contributed by atoms with van der Waals surface area (Å²) in [5.74, 6) is -1.51. The molecule has 0 saturated carbocycles. The fourth-order valence-electron chi connectivity index (χ4n) is 2.01. The van der Waals surface area contributed by atoms with Crippen LogP contribution in [0.1, 0.15) is 28.4 Å². The number of hydrogen-bond donors (Lipinski definition) is 2. The maximum atomic E-state index is 12.3. The standard InChI is InChI=1S/C18H16ClNO3/c1-11-3-5-13(6-4-11)9-12(2)17(21)20-16-10-14(19)7-8-15(16)18(22)23/h3-10H,1-2H3,(H,20,21)(H,22,23)/b12-9+. The Morgan fingerprint density at radius 3 is 2.39 bits per heavy atom. The molecule has 2 rings (SSSR count). The number of rotatable bonds is 4. The molecule has 1 amide bonds. The number of carbonyl (C=O) groups is 2. The molecule has 2 N–H and O–H groups in total. The number of nitrogens with one attached hydrogen (secondary N) is 1. The fraction of sp³-hybridized carbons (Fsp3) is 0.111. The number of aryl methyl sites for hydroxylation is 1. The smallest absolute Gasteiger partial charge is 0.337 e. The number of aromatic carboxylic acids is 1. The summed E-state index contributed by atoms with van der Waals surface area (Å²) in [6, 6.07) is 12.0. The summed E-state index contributed by atoms with van der Waals surface area (Å²) in [4.78, 5) is 23.5. The zero-order chi connectivity index (χ0) is 17.0. The van der Waals surface area contributed by atoms with E-state index in [1.54, 1.807) is 13.0 Å². The molecule has 0 saturated heterocycles. The Morgan fingerprint density at radius 1 is 1.13 bits per heavy atom. The SMILES string of the molecule is C/C(=C\c1ccc(C)cc1)C(=O)Nc1cc(Cl)ccc1C(=O)O. The van der Waals surface area contributed by atoms with Crippen LogP contribution in [0.5, 0.6) is 0 Å². The van der Waals surface area contributed by atoms with Gasteiger partial charge in [0, 0.05) is 10.6 Å². The summed E-state index contributed by atoms with van der Waals surface area (Å²) in [5.41, 5.74) is 2.66. The van der Waals surface area contributed by atoms with E-state index in [9.17, 15) is 9.59 Å². The zero-order valence-electron chi connectivity index (χ0n) is 12.8. The average Bonchev–Trinajstić information content (AvgIpc) is 2.49. The second-order valence-corrected chi connectivity index (χ2v) is 5.62. The van der Waals surface area contributed by atoms with Gasteiger partial charge in [0.2, 0.25) is 0 Å². The van der Waals surface area contributed by atoms with Crippen molar-refractivity contribution in [1.29, 1.82) is 0 Å². The lowest BCUT2D eigenvalue weighted by Gasteiger charge is -2.09. The first-order chi connectivity index (χ1) is 10.9. The highest BCUT2D eigenvalue weighted by Crippen LogP contribution is 2.22. The molecule has 0 aliphatic heterocycles. The molecule has 0 fully saturated rings. The number of amides is 1. The highest BCUT2D eigenvalue weighted by molar-refractivity contribution is 6.31. The van der Waals surface area contributed by atoms with Gasteiger partial charge in [-0.3, -0.25) is 4.79 Å². The van der Waals surface area contributed by atoms with Gasteiger partial charge in [0.05, 0.1) is 11.3 Å². The predicted octanol–water partition coefficient (Wildman–Crippen LogP) is 4.39. The molecule has 0 spiro atoms. The van der Waals surface area contributed by atoms with E-state index in [-0.39, 0.29) is 17.2 Å². The molecule has 0 atom stereocenters. The Bertz CT molecular complexity index is 779. The van der Waals surface area contributed by atoms with E-state index in [2.05, 4.69) is 5.32 Å². The van der Waals surface area contributed by atoms with E-state index < -0.39 is 5.97 Å². The summed E-state index contributed by atoms with van der Waals surface area (Å²) in [5, 5.41) is 12.1. The fourth-order valence-corrected chi connectivity index (χ4v) is 2.18. The van der Waals surface area contributed by atoms with E-state index in [0.717, 1.165) is 11.1 Å². The molecule has 0 radical (unpaired) electrons. The van der Waals surface area contributed by atoms with Gasteiger partial charge in [-0.05, 0) is 43.7 Å². The Kier molecular flexibility index (Phi) is 5.19. The van der Waals surface area contributed by atoms with Crippen molar-refractivity contribution in [2.24, 2.45) is 0 Å². The van der Waals surface area contributed by atoms with Crippen LogP contribution in [0, 0.1) is 6.92 Å². The van der Waals surface area contributed by atoms with Crippen LogP contribution in [0.4, 0.5) is 5.69 Å². The molecule has 0 aliphatic rings. The van der Waals surface area contributed by atoms with E-state index in [0.29, 0.717) is 10.6 Å². The molecular formula is C18H16ClNO3. The quantitative estimate of drug-likeness (QED) is 0.817. The molecule has 0 heterocycles. The molecule has 2 aromatic rings. The molecule has 2 aromatic carbocycles. The van der Waals surface area contributed by atoms with Crippen molar-refractivity contribution in [3.63, 3.8) is 0 Å². The molecule has 0 bridgehead atoms. The Balaban J connectivity index is 2.23. The van der Waals surface area contributed by atoms with Crippen LogP contribution in [-0.2, 0) is 4.79 Å². The summed E-state index contributed by atoms with van der Waals surface area (Å²) >= 11 is 5.87. The van der Waals surface area contributed by atoms with Gasteiger partial charge < -0.3 is 10.4 Å². The first-order valence-electron chi connectivity index (χ1n) is 6.96. The van der Waals surface area contributed by atoms with Gasteiger partial charge in [-0.1, -0.05) is 41.4 Å². The van der Waals surface area contributed by atoms with Crippen LogP contribution >= 0.6 is 11.6 Å². The third kappa shape index (κ3) is 4.44. The van der Waals surface area contributed by atoms with Gasteiger partial charge >= 0.3 is 5.97 Å². The Labute approximate surface area is 139 Å². The Morgan fingerprint density at radius 2 is 1.78 bits per heavy atom. The van der Waals surface area contributed by atoms with E-state index in [1.165, 1.54) is 18.2 Å². The van der Waals surface area contributed by atoms with Crippen molar-refractivity contribution >= 4 is 35.2 Å². The maximum absolute atomic E-state index is 12.3. The second kappa shape index (κ2) is 7.11. The lowest BCUT2D eigenvalue weighted by atomic mass is 10.1. The first-order valence-corrected chi connectivity index (χ1v) is 7.34. The van der Waals surface area contributed by atoms with Gasteiger partial charge in [-0.15, -0.1) is 0 Å². The van der Waals surface area contributed by atoms with Crippen LogP contribution in [0.2, 0.25) is 5.02 Å². The van der Waals surface area contributed by atoms with Crippen molar-refractivity contribution in [2.45, 2.75) is 13.8 Å². The number of carboxylic acids is 1. The lowest BCUT2D eigenvalue weighted by molar-refractivity contribution is -0.112. The van der Waals surface area contributed by atoms with E-state index >= 15 is 0 Å². The molecule has 4 nitrogen and oxygen atoms in total. The number of hydrogen-bond acceptors (Lipinski definition) is 2. The monoisotopic (exact) mass is 329 g/mol. The molecule has 0 aliphatic carbocycles. The normalized spacial score (nSPS) is 11.2. The van der Waals surface area contributed by atoms with Crippen LogP contribution in [0.3, 0.4) is 0 Å². The largest absolute Gasteiger partial charge is 0.478 e. The highest BCUT2D eigenvalue weighted by atomic mass is 35.5. The third-order valence-corrected chi connectivity index (χ3v) is 3.51. The minimum atomic E-state index is -1.13. The van der Waals surface area contributed by atoms with Crippen LogP contribution < -0.4 is 5.32 Å². The topological polar surface area (TPSA) is 66.4 Å². The molecule has 118 valence electrons. The van der Waals surface area contributed by atoms with Crippen molar-refractivity contribution in [3.8, 4) is 0 Å². The van der Waals surface area contributed by atoms with Crippen LogP contribution in [-0.4, -0.2) is 17.0 Å². The third-order valence-electron chi connectivity index (χ3n) is 3.28. The summed E-state index contributed by atoms with van der Waals surface area (Å²) in [6.07, 6.45) is 1.74. The average molecular weight is 330 g/mol. The van der Waals surface area contributed by atoms with Gasteiger partial charge in [-0.2, -0.15) is 0 Å². The first kappa shape index (κ1) is 16.8. The zero-order valence-corrected chi connectivity index (χ0v) is 13.5. The summed E-state index contributed by atoms with van der Waals surface area (Å²) < 4.78 is 0. The van der Waals surface area contributed by atoms with Gasteiger partial charge in [0.1, 0.15) is 0 Å².